The van der Waals surface area contributed by atoms with Gasteiger partial charge in [0, 0.05) is 19.1 Å². The highest BCUT2D eigenvalue weighted by molar-refractivity contribution is 5.76. The molecule has 1 saturated heterocycles. The number of piperidine rings is 1. The molecule has 1 rings (SSSR count). The summed E-state index contributed by atoms with van der Waals surface area (Å²) in [6, 6.07) is 0.0386. The van der Waals surface area contributed by atoms with Crippen molar-refractivity contribution in [3.8, 4) is 0 Å². The molecule has 0 radical (unpaired) electrons. The molecule has 0 aromatic heterocycles. The zero-order valence-corrected chi connectivity index (χ0v) is 13.5. The van der Waals surface area contributed by atoms with E-state index in [1.165, 1.54) is 12.8 Å². The van der Waals surface area contributed by atoms with Crippen molar-refractivity contribution in [1.29, 1.82) is 0 Å². The Morgan fingerprint density at radius 1 is 1.45 bits per heavy atom. The monoisotopic (exact) mass is 284 g/mol. The zero-order valence-electron chi connectivity index (χ0n) is 13.5. The molecule has 0 spiro atoms. The zero-order chi connectivity index (χ0) is 15.2. The quantitative estimate of drug-likeness (QED) is 0.698. The first-order valence-corrected chi connectivity index (χ1v) is 7.95. The lowest BCUT2D eigenvalue weighted by molar-refractivity contribution is -0.124. The molecule has 0 aliphatic carbocycles. The molecule has 4 heteroatoms. The van der Waals surface area contributed by atoms with Crippen LogP contribution in [0.3, 0.4) is 0 Å². The predicted octanol–water partition coefficient (Wildman–Crippen LogP) is 1.93. The number of hydrogen-bond donors (Lipinski definition) is 3. The van der Waals surface area contributed by atoms with Crippen molar-refractivity contribution < 1.29 is 9.90 Å². The van der Waals surface area contributed by atoms with Crippen LogP contribution >= 0.6 is 0 Å². The third kappa shape index (κ3) is 5.80. The maximum atomic E-state index is 12.2. The number of rotatable bonds is 6. The molecular formula is C16H32N2O2. The van der Waals surface area contributed by atoms with Gasteiger partial charge in [0.15, 0.2) is 0 Å². The predicted molar refractivity (Wildman–Crippen MR) is 82.5 cm³/mol. The van der Waals surface area contributed by atoms with Gasteiger partial charge < -0.3 is 15.7 Å². The molecule has 1 fully saturated rings. The Morgan fingerprint density at radius 2 is 2.15 bits per heavy atom. The SMILES string of the molecule is CC(CC(=O)NC(CCO)C(C)(C)C)C1CCCNC1. The first-order valence-electron chi connectivity index (χ1n) is 7.95. The molecule has 20 heavy (non-hydrogen) atoms. The maximum absolute atomic E-state index is 12.2. The highest BCUT2D eigenvalue weighted by Crippen LogP contribution is 2.24. The standard InChI is InChI=1S/C16H32N2O2/c1-12(13-6-5-8-17-11-13)10-15(20)18-14(7-9-19)16(2,3)4/h12-14,17,19H,5-11H2,1-4H3,(H,18,20). The van der Waals surface area contributed by atoms with Gasteiger partial charge in [-0.2, -0.15) is 0 Å². The van der Waals surface area contributed by atoms with E-state index in [1.807, 2.05) is 0 Å². The minimum atomic E-state index is -0.0198. The average molecular weight is 284 g/mol. The Hall–Kier alpha value is -0.610. The fourth-order valence-corrected chi connectivity index (χ4v) is 2.93. The molecule has 118 valence electrons. The summed E-state index contributed by atoms with van der Waals surface area (Å²) < 4.78 is 0. The first-order chi connectivity index (χ1) is 9.34. The Balaban J connectivity index is 2.44. The van der Waals surface area contributed by atoms with Crippen LogP contribution in [0.25, 0.3) is 0 Å². The van der Waals surface area contributed by atoms with Gasteiger partial charge in [0.05, 0.1) is 0 Å². The second-order valence-electron chi connectivity index (χ2n) is 7.29. The van der Waals surface area contributed by atoms with Crippen LogP contribution in [-0.4, -0.2) is 36.8 Å². The lowest BCUT2D eigenvalue weighted by atomic mass is 9.83. The van der Waals surface area contributed by atoms with Crippen molar-refractivity contribution in [2.24, 2.45) is 17.3 Å². The van der Waals surface area contributed by atoms with Crippen molar-refractivity contribution in [3.05, 3.63) is 0 Å². The average Bonchev–Trinajstić information content (AvgIpc) is 2.38. The van der Waals surface area contributed by atoms with Crippen LogP contribution in [0.1, 0.15) is 53.4 Å². The maximum Gasteiger partial charge on any atom is 0.220 e. The lowest BCUT2D eigenvalue weighted by Gasteiger charge is -2.32. The Labute approximate surface area is 123 Å². The van der Waals surface area contributed by atoms with Crippen LogP contribution in [0.2, 0.25) is 0 Å². The Morgan fingerprint density at radius 3 is 2.65 bits per heavy atom. The molecular weight excluding hydrogens is 252 g/mol. The van der Waals surface area contributed by atoms with E-state index >= 15 is 0 Å². The lowest BCUT2D eigenvalue weighted by Crippen LogP contribution is -2.45. The summed E-state index contributed by atoms with van der Waals surface area (Å²) in [7, 11) is 0. The summed E-state index contributed by atoms with van der Waals surface area (Å²) in [6.45, 7) is 10.7. The van der Waals surface area contributed by atoms with Gasteiger partial charge in [-0.25, -0.2) is 0 Å². The van der Waals surface area contributed by atoms with E-state index in [4.69, 9.17) is 5.11 Å². The summed E-state index contributed by atoms with van der Waals surface area (Å²) in [5.74, 6) is 1.15. The molecule has 0 bridgehead atoms. The van der Waals surface area contributed by atoms with Gasteiger partial charge >= 0.3 is 0 Å². The van der Waals surface area contributed by atoms with Crippen molar-refractivity contribution in [2.75, 3.05) is 19.7 Å². The van der Waals surface area contributed by atoms with Gasteiger partial charge in [0.25, 0.3) is 0 Å². The van der Waals surface area contributed by atoms with E-state index < -0.39 is 0 Å². The molecule has 1 aliphatic rings. The van der Waals surface area contributed by atoms with Crippen LogP contribution < -0.4 is 10.6 Å². The second-order valence-corrected chi connectivity index (χ2v) is 7.29. The fraction of sp³-hybridized carbons (Fsp3) is 0.938. The van der Waals surface area contributed by atoms with Gasteiger partial charge in [0.1, 0.15) is 0 Å². The number of hydrogen-bond acceptors (Lipinski definition) is 3. The van der Waals surface area contributed by atoms with Gasteiger partial charge in [-0.05, 0) is 49.6 Å². The fourth-order valence-electron chi connectivity index (χ4n) is 2.93. The highest BCUT2D eigenvalue weighted by Gasteiger charge is 2.27. The summed E-state index contributed by atoms with van der Waals surface area (Å²) in [5, 5.41) is 15.7. The van der Waals surface area contributed by atoms with Crippen LogP contribution in [0.5, 0.6) is 0 Å². The number of aliphatic hydroxyl groups is 1. The normalized spacial score (nSPS) is 23.1. The molecule has 3 atom stereocenters. The smallest absolute Gasteiger partial charge is 0.220 e. The van der Waals surface area contributed by atoms with E-state index in [9.17, 15) is 4.79 Å². The molecule has 3 N–H and O–H groups in total. The Kier molecular flexibility index (Phi) is 6.96. The van der Waals surface area contributed by atoms with E-state index in [1.54, 1.807) is 0 Å². The van der Waals surface area contributed by atoms with Crippen molar-refractivity contribution in [3.63, 3.8) is 0 Å². The Bertz CT molecular complexity index is 293. The number of amides is 1. The minimum absolute atomic E-state index is 0.0198. The summed E-state index contributed by atoms with van der Waals surface area (Å²) >= 11 is 0. The highest BCUT2D eigenvalue weighted by atomic mass is 16.3. The van der Waals surface area contributed by atoms with Crippen LogP contribution in [0.15, 0.2) is 0 Å². The summed E-state index contributed by atoms with van der Waals surface area (Å²) in [6.07, 6.45) is 3.64. The largest absolute Gasteiger partial charge is 0.396 e. The van der Waals surface area contributed by atoms with Crippen LogP contribution in [0.4, 0.5) is 0 Å². The first kappa shape index (κ1) is 17.4. The molecule has 0 aromatic rings. The number of carbonyl (C=O) groups excluding carboxylic acids is 1. The van der Waals surface area contributed by atoms with E-state index in [-0.39, 0.29) is 24.0 Å². The molecule has 1 aliphatic heterocycles. The molecule has 0 aromatic carbocycles. The van der Waals surface area contributed by atoms with E-state index in [0.717, 1.165) is 13.1 Å². The van der Waals surface area contributed by atoms with E-state index in [0.29, 0.717) is 24.7 Å². The van der Waals surface area contributed by atoms with Gasteiger partial charge in [-0.15, -0.1) is 0 Å². The third-order valence-electron chi connectivity index (χ3n) is 4.45. The third-order valence-corrected chi connectivity index (χ3v) is 4.45. The topological polar surface area (TPSA) is 61.4 Å². The minimum Gasteiger partial charge on any atom is -0.396 e. The van der Waals surface area contributed by atoms with Crippen LogP contribution in [-0.2, 0) is 4.79 Å². The van der Waals surface area contributed by atoms with Crippen molar-refractivity contribution in [2.45, 2.75) is 59.4 Å². The number of carbonyl (C=O) groups is 1. The number of aliphatic hydroxyl groups excluding tert-OH is 1. The van der Waals surface area contributed by atoms with Gasteiger partial charge in [0.2, 0.25) is 5.91 Å². The van der Waals surface area contributed by atoms with Gasteiger partial charge in [-0.1, -0.05) is 27.7 Å². The second kappa shape index (κ2) is 7.99. The molecule has 3 unspecified atom stereocenters. The van der Waals surface area contributed by atoms with Crippen molar-refractivity contribution >= 4 is 5.91 Å². The number of nitrogens with one attached hydrogen (secondary N) is 2. The molecule has 0 saturated carbocycles. The summed E-state index contributed by atoms with van der Waals surface area (Å²) in [5.41, 5.74) is -0.0198. The molecule has 4 nitrogen and oxygen atoms in total. The van der Waals surface area contributed by atoms with E-state index in [2.05, 4.69) is 38.3 Å². The van der Waals surface area contributed by atoms with Gasteiger partial charge in [-0.3, -0.25) is 4.79 Å². The van der Waals surface area contributed by atoms with Crippen molar-refractivity contribution in [1.82, 2.24) is 10.6 Å². The summed E-state index contributed by atoms with van der Waals surface area (Å²) in [4.78, 5) is 12.2. The molecule has 1 heterocycles. The molecule has 1 amide bonds. The van der Waals surface area contributed by atoms with Crippen LogP contribution in [0, 0.1) is 17.3 Å².